The Morgan fingerprint density at radius 1 is 1.59 bits per heavy atom. The maximum absolute atomic E-state index is 14.0. The van der Waals surface area contributed by atoms with Crippen LogP contribution in [-0.2, 0) is 0 Å². The summed E-state index contributed by atoms with van der Waals surface area (Å²) >= 11 is 8.04. The van der Waals surface area contributed by atoms with E-state index in [0.29, 0.717) is 27.7 Å². The summed E-state index contributed by atoms with van der Waals surface area (Å²) in [4.78, 5) is 0.192. The molecule has 1 saturated carbocycles. The van der Waals surface area contributed by atoms with Crippen LogP contribution in [0.1, 0.15) is 25.3 Å². The lowest BCUT2D eigenvalue weighted by atomic mass is 10.1. The van der Waals surface area contributed by atoms with Crippen molar-refractivity contribution < 1.29 is 4.39 Å². The fourth-order valence-electron chi connectivity index (χ4n) is 1.81. The fourth-order valence-corrected chi connectivity index (χ4v) is 2.67. The molecule has 2 rings (SSSR count). The minimum Gasteiger partial charge on any atom is -0.389 e. The summed E-state index contributed by atoms with van der Waals surface area (Å²) in [7, 11) is 0. The number of thiocarbonyl (C=S) groups is 1. The lowest BCUT2D eigenvalue weighted by Crippen LogP contribution is -2.19. The van der Waals surface area contributed by atoms with Gasteiger partial charge in [-0.3, -0.25) is 0 Å². The van der Waals surface area contributed by atoms with Crippen molar-refractivity contribution in [3.63, 3.8) is 0 Å². The monoisotopic (exact) mass is 316 g/mol. The lowest BCUT2D eigenvalue weighted by Gasteiger charge is -2.16. The van der Waals surface area contributed by atoms with Crippen LogP contribution in [0.2, 0.25) is 0 Å². The third-order valence-electron chi connectivity index (χ3n) is 3.06. The van der Waals surface area contributed by atoms with E-state index in [9.17, 15) is 4.39 Å². The van der Waals surface area contributed by atoms with Crippen LogP contribution in [0.15, 0.2) is 16.6 Å². The van der Waals surface area contributed by atoms with E-state index in [4.69, 9.17) is 18.0 Å². The molecule has 3 N–H and O–H groups in total. The summed E-state index contributed by atoms with van der Waals surface area (Å²) in [6, 6.07) is 3.72. The van der Waals surface area contributed by atoms with Crippen molar-refractivity contribution in [1.29, 1.82) is 0 Å². The van der Waals surface area contributed by atoms with E-state index in [-0.39, 0.29) is 10.8 Å². The molecule has 1 atom stereocenters. The fraction of sp³-hybridized carbons (Fsp3) is 0.417. The third-order valence-corrected chi connectivity index (χ3v) is 4.06. The zero-order valence-corrected chi connectivity index (χ0v) is 11.9. The molecule has 1 aliphatic rings. The minimum absolute atomic E-state index is 0.192. The quantitative estimate of drug-likeness (QED) is 0.836. The molecule has 5 heteroatoms. The molecule has 0 heterocycles. The molecule has 0 radical (unpaired) electrons. The average Bonchev–Trinajstić information content (AvgIpc) is 3.08. The molecule has 1 aliphatic carbocycles. The van der Waals surface area contributed by atoms with Crippen molar-refractivity contribution in [3.8, 4) is 0 Å². The Hall–Kier alpha value is -0.680. The molecule has 1 fully saturated rings. The maximum Gasteiger partial charge on any atom is 0.161 e. The zero-order chi connectivity index (χ0) is 12.6. The van der Waals surface area contributed by atoms with Gasteiger partial charge in [0.05, 0.1) is 10.2 Å². The number of anilines is 1. The third kappa shape index (κ3) is 2.77. The molecule has 2 nitrogen and oxygen atoms in total. The highest BCUT2D eigenvalue weighted by Gasteiger charge is 2.28. The number of nitrogens with one attached hydrogen (secondary N) is 1. The molecule has 0 spiro atoms. The van der Waals surface area contributed by atoms with Gasteiger partial charge in [-0.1, -0.05) is 12.2 Å². The number of hydrogen-bond acceptors (Lipinski definition) is 2. The Morgan fingerprint density at radius 2 is 2.24 bits per heavy atom. The van der Waals surface area contributed by atoms with E-state index in [2.05, 4.69) is 28.2 Å². The first-order valence-corrected chi connectivity index (χ1v) is 6.75. The summed E-state index contributed by atoms with van der Waals surface area (Å²) in [6.45, 7) is 2.08. The largest absolute Gasteiger partial charge is 0.389 e. The molecular weight excluding hydrogens is 303 g/mol. The van der Waals surface area contributed by atoms with Crippen molar-refractivity contribution in [2.24, 2.45) is 11.7 Å². The van der Waals surface area contributed by atoms with Crippen LogP contribution in [0.3, 0.4) is 0 Å². The van der Waals surface area contributed by atoms with Crippen molar-refractivity contribution in [2.75, 3.05) is 5.32 Å². The van der Waals surface area contributed by atoms with E-state index in [1.165, 1.54) is 12.8 Å². The van der Waals surface area contributed by atoms with Gasteiger partial charge in [-0.15, -0.1) is 0 Å². The molecule has 0 amide bonds. The van der Waals surface area contributed by atoms with Gasteiger partial charge >= 0.3 is 0 Å². The Balaban J connectivity index is 2.23. The molecule has 0 bridgehead atoms. The maximum atomic E-state index is 14.0. The highest BCUT2D eigenvalue weighted by Crippen LogP contribution is 2.35. The van der Waals surface area contributed by atoms with Crippen molar-refractivity contribution >= 4 is 38.8 Å². The van der Waals surface area contributed by atoms with Gasteiger partial charge in [-0.05, 0) is 53.7 Å². The first-order chi connectivity index (χ1) is 8.00. The van der Waals surface area contributed by atoms with Crippen LogP contribution in [-0.4, -0.2) is 11.0 Å². The van der Waals surface area contributed by atoms with Gasteiger partial charge in [0.25, 0.3) is 0 Å². The number of hydrogen-bond donors (Lipinski definition) is 2. The predicted octanol–water partition coefficient (Wildman–Crippen LogP) is 3.43. The van der Waals surface area contributed by atoms with Crippen LogP contribution in [0.25, 0.3) is 0 Å². The average molecular weight is 317 g/mol. The molecule has 0 saturated heterocycles. The highest BCUT2D eigenvalue weighted by molar-refractivity contribution is 9.10. The van der Waals surface area contributed by atoms with Crippen LogP contribution >= 0.6 is 28.1 Å². The van der Waals surface area contributed by atoms with Crippen LogP contribution < -0.4 is 11.1 Å². The van der Waals surface area contributed by atoms with E-state index in [0.717, 1.165) is 0 Å². The summed E-state index contributed by atoms with van der Waals surface area (Å²) in [5.41, 5.74) is 6.53. The number of halogens is 2. The van der Waals surface area contributed by atoms with Crippen LogP contribution in [0.5, 0.6) is 0 Å². The molecular formula is C12H14BrFN2S. The second-order valence-corrected chi connectivity index (χ2v) is 5.66. The van der Waals surface area contributed by atoms with Gasteiger partial charge in [0.2, 0.25) is 0 Å². The van der Waals surface area contributed by atoms with Crippen LogP contribution in [0, 0.1) is 11.7 Å². The Kier molecular flexibility index (Phi) is 3.68. The molecule has 17 heavy (non-hydrogen) atoms. The van der Waals surface area contributed by atoms with Gasteiger partial charge in [0.1, 0.15) is 4.99 Å². The van der Waals surface area contributed by atoms with Gasteiger partial charge < -0.3 is 11.1 Å². The van der Waals surface area contributed by atoms with Crippen molar-refractivity contribution in [3.05, 3.63) is 28.0 Å². The predicted molar refractivity (Wildman–Crippen MR) is 75.8 cm³/mol. The van der Waals surface area contributed by atoms with Crippen molar-refractivity contribution in [1.82, 2.24) is 0 Å². The Morgan fingerprint density at radius 3 is 2.76 bits per heavy atom. The standard InChI is InChI=1S/C12H14BrFN2S/c1-6(7-2-3-7)16-9-5-4-8(12(15)17)10(13)11(9)14/h4-7,16H,2-3H2,1H3,(H2,15,17). The Labute approximate surface area is 114 Å². The molecule has 1 unspecified atom stereocenters. The van der Waals surface area contributed by atoms with E-state index in [1.807, 2.05) is 0 Å². The smallest absolute Gasteiger partial charge is 0.161 e. The van der Waals surface area contributed by atoms with E-state index < -0.39 is 0 Å². The summed E-state index contributed by atoms with van der Waals surface area (Å²) in [5.74, 6) is 0.339. The first kappa shape index (κ1) is 12.8. The Bertz CT molecular complexity index is 460. The van der Waals surface area contributed by atoms with Crippen LogP contribution in [0.4, 0.5) is 10.1 Å². The summed E-state index contributed by atoms with van der Waals surface area (Å²) < 4.78 is 14.4. The lowest BCUT2D eigenvalue weighted by molar-refractivity contribution is 0.613. The zero-order valence-electron chi connectivity index (χ0n) is 9.47. The first-order valence-electron chi connectivity index (χ1n) is 5.55. The van der Waals surface area contributed by atoms with Gasteiger partial charge in [-0.2, -0.15) is 0 Å². The van der Waals surface area contributed by atoms with E-state index >= 15 is 0 Å². The SMILES string of the molecule is CC(Nc1ccc(C(N)=S)c(Br)c1F)C1CC1. The van der Waals surface area contributed by atoms with Crippen molar-refractivity contribution in [2.45, 2.75) is 25.8 Å². The van der Waals surface area contributed by atoms with Gasteiger partial charge in [-0.25, -0.2) is 4.39 Å². The molecule has 1 aromatic rings. The minimum atomic E-state index is -0.331. The molecule has 0 aliphatic heterocycles. The molecule has 92 valence electrons. The van der Waals surface area contributed by atoms with Gasteiger partial charge in [0.15, 0.2) is 5.82 Å². The second kappa shape index (κ2) is 4.90. The highest BCUT2D eigenvalue weighted by atomic mass is 79.9. The number of benzene rings is 1. The summed E-state index contributed by atoms with van der Waals surface area (Å²) in [6.07, 6.45) is 2.45. The normalized spacial score (nSPS) is 16.6. The van der Waals surface area contributed by atoms with E-state index in [1.54, 1.807) is 12.1 Å². The summed E-state index contributed by atoms with van der Waals surface area (Å²) in [5, 5.41) is 3.19. The molecule has 0 aromatic heterocycles. The molecule has 1 aromatic carbocycles. The van der Waals surface area contributed by atoms with Gasteiger partial charge in [0, 0.05) is 11.6 Å². The topological polar surface area (TPSA) is 38.0 Å². The second-order valence-electron chi connectivity index (χ2n) is 4.42. The number of nitrogens with two attached hydrogens (primary N) is 1. The number of rotatable bonds is 4.